The van der Waals surface area contributed by atoms with Crippen LogP contribution in [0.1, 0.15) is 33.1 Å². The quantitative estimate of drug-likeness (QED) is 0.898. The molecule has 0 aliphatic heterocycles. The van der Waals surface area contributed by atoms with E-state index in [-0.39, 0.29) is 23.3 Å². The van der Waals surface area contributed by atoms with Crippen LogP contribution in [0.5, 0.6) is 11.5 Å². The van der Waals surface area contributed by atoms with Gasteiger partial charge in [-0.2, -0.15) is 0 Å². The van der Waals surface area contributed by atoms with E-state index in [9.17, 15) is 13.2 Å². The zero-order chi connectivity index (χ0) is 15.7. The van der Waals surface area contributed by atoms with Gasteiger partial charge in [0, 0.05) is 17.9 Å². The Balaban J connectivity index is 2.01. The van der Waals surface area contributed by atoms with Crippen LogP contribution in [0.15, 0.2) is 24.3 Å². The molecule has 2 unspecified atom stereocenters. The third kappa shape index (κ3) is 3.26. The van der Waals surface area contributed by atoms with E-state index in [4.69, 9.17) is 10.5 Å². The summed E-state index contributed by atoms with van der Waals surface area (Å²) in [7, 11) is 0. The van der Waals surface area contributed by atoms with Crippen molar-refractivity contribution in [1.29, 1.82) is 0 Å². The van der Waals surface area contributed by atoms with E-state index in [2.05, 4.69) is 18.6 Å². The van der Waals surface area contributed by atoms with Crippen molar-refractivity contribution < 1.29 is 22.6 Å². The first-order chi connectivity index (χ1) is 9.80. The van der Waals surface area contributed by atoms with Gasteiger partial charge in [-0.15, -0.1) is 13.2 Å². The van der Waals surface area contributed by atoms with Crippen LogP contribution < -0.4 is 15.2 Å². The second kappa shape index (κ2) is 5.75. The average molecular weight is 303 g/mol. The van der Waals surface area contributed by atoms with Gasteiger partial charge in [0.15, 0.2) is 0 Å². The first kappa shape index (κ1) is 15.9. The molecule has 1 aromatic rings. The molecule has 21 heavy (non-hydrogen) atoms. The Morgan fingerprint density at radius 2 is 1.67 bits per heavy atom. The van der Waals surface area contributed by atoms with Crippen LogP contribution in [0.4, 0.5) is 13.2 Å². The molecule has 2 rings (SSSR count). The molecule has 1 aromatic carbocycles. The highest BCUT2D eigenvalue weighted by Gasteiger charge is 2.52. The number of hydrogen-bond acceptors (Lipinski definition) is 3. The van der Waals surface area contributed by atoms with Crippen molar-refractivity contribution in [1.82, 2.24) is 0 Å². The number of rotatable bonds is 5. The van der Waals surface area contributed by atoms with Crippen molar-refractivity contribution in [3.63, 3.8) is 0 Å². The van der Waals surface area contributed by atoms with Crippen LogP contribution in [-0.2, 0) is 0 Å². The zero-order valence-corrected chi connectivity index (χ0v) is 12.1. The van der Waals surface area contributed by atoms with Crippen molar-refractivity contribution in [3.05, 3.63) is 24.3 Å². The van der Waals surface area contributed by atoms with E-state index in [1.807, 2.05) is 0 Å². The lowest BCUT2D eigenvalue weighted by Crippen LogP contribution is -2.62. The number of alkyl halides is 3. The molecule has 0 aromatic heterocycles. The molecular formula is C15H20F3NO2. The lowest BCUT2D eigenvalue weighted by molar-refractivity contribution is -0.274. The van der Waals surface area contributed by atoms with Gasteiger partial charge in [-0.05, 0) is 37.1 Å². The maximum Gasteiger partial charge on any atom is 0.573 e. The second-order valence-electron chi connectivity index (χ2n) is 5.41. The highest BCUT2D eigenvalue weighted by atomic mass is 19.4. The molecule has 6 heteroatoms. The molecule has 118 valence electrons. The minimum absolute atomic E-state index is 0.0110. The van der Waals surface area contributed by atoms with Gasteiger partial charge in [0.25, 0.3) is 0 Å². The molecule has 3 nitrogen and oxygen atoms in total. The molecule has 1 saturated carbocycles. The topological polar surface area (TPSA) is 44.5 Å². The minimum atomic E-state index is -4.68. The number of benzene rings is 1. The standard InChI is InChI=1S/C15H20F3NO2/c1-3-14(4-2)12(19)9-13(14)20-10-5-7-11(8-6-10)21-15(16,17)18/h5-8,12-13H,3-4,9,19H2,1-2H3. The van der Waals surface area contributed by atoms with Gasteiger partial charge < -0.3 is 15.2 Å². The third-order valence-electron chi connectivity index (χ3n) is 4.50. The summed E-state index contributed by atoms with van der Waals surface area (Å²) >= 11 is 0. The molecular weight excluding hydrogens is 283 g/mol. The zero-order valence-electron chi connectivity index (χ0n) is 12.1. The van der Waals surface area contributed by atoms with E-state index in [0.29, 0.717) is 5.75 Å². The molecule has 0 saturated heterocycles. The molecule has 1 fully saturated rings. The fraction of sp³-hybridized carbons (Fsp3) is 0.600. The first-order valence-corrected chi connectivity index (χ1v) is 7.08. The van der Waals surface area contributed by atoms with E-state index in [0.717, 1.165) is 19.3 Å². The fourth-order valence-electron chi connectivity index (χ4n) is 3.06. The summed E-state index contributed by atoms with van der Waals surface area (Å²) in [6.07, 6.45) is -2.06. The highest BCUT2D eigenvalue weighted by Crippen LogP contribution is 2.47. The summed E-state index contributed by atoms with van der Waals surface area (Å²) in [6.45, 7) is 4.16. The first-order valence-electron chi connectivity index (χ1n) is 7.08. The summed E-state index contributed by atoms with van der Waals surface area (Å²) in [5.41, 5.74) is 6.05. The summed E-state index contributed by atoms with van der Waals surface area (Å²) in [5.74, 6) is 0.283. The van der Waals surface area contributed by atoms with Crippen LogP contribution in [0.25, 0.3) is 0 Å². The molecule has 0 amide bonds. The Morgan fingerprint density at radius 1 is 1.14 bits per heavy atom. The molecule has 0 radical (unpaired) electrons. The Kier molecular flexibility index (Phi) is 4.37. The number of nitrogens with two attached hydrogens (primary N) is 1. The van der Waals surface area contributed by atoms with Gasteiger partial charge in [-0.25, -0.2) is 0 Å². The van der Waals surface area contributed by atoms with Crippen molar-refractivity contribution in [2.24, 2.45) is 11.1 Å². The van der Waals surface area contributed by atoms with Crippen molar-refractivity contribution in [2.75, 3.05) is 0 Å². The molecule has 2 N–H and O–H groups in total. The Labute approximate surface area is 122 Å². The van der Waals surface area contributed by atoms with Crippen LogP contribution in [0, 0.1) is 5.41 Å². The van der Waals surface area contributed by atoms with E-state index in [1.54, 1.807) is 0 Å². The second-order valence-corrected chi connectivity index (χ2v) is 5.41. The number of halogens is 3. The average Bonchev–Trinajstić information content (AvgIpc) is 2.40. The van der Waals surface area contributed by atoms with E-state index < -0.39 is 6.36 Å². The Hall–Kier alpha value is -1.43. The van der Waals surface area contributed by atoms with Gasteiger partial charge in [-0.1, -0.05) is 13.8 Å². The van der Waals surface area contributed by atoms with Crippen LogP contribution in [-0.4, -0.2) is 18.5 Å². The predicted octanol–water partition coefficient (Wildman–Crippen LogP) is 3.87. The lowest BCUT2D eigenvalue weighted by atomic mass is 9.59. The molecule has 0 bridgehead atoms. The molecule has 2 atom stereocenters. The summed E-state index contributed by atoms with van der Waals surface area (Å²) in [4.78, 5) is 0. The monoisotopic (exact) mass is 303 g/mol. The molecule has 1 aliphatic carbocycles. The summed E-state index contributed by atoms with van der Waals surface area (Å²) in [5, 5.41) is 0. The van der Waals surface area contributed by atoms with Crippen molar-refractivity contribution >= 4 is 0 Å². The predicted molar refractivity (Wildman–Crippen MR) is 73.1 cm³/mol. The van der Waals surface area contributed by atoms with Crippen LogP contribution in [0.2, 0.25) is 0 Å². The van der Waals surface area contributed by atoms with Gasteiger partial charge in [0.05, 0.1) is 0 Å². The molecule has 0 heterocycles. The van der Waals surface area contributed by atoms with Gasteiger partial charge in [0.2, 0.25) is 0 Å². The van der Waals surface area contributed by atoms with Crippen LogP contribution in [0.3, 0.4) is 0 Å². The Bertz CT molecular complexity index is 469. The largest absolute Gasteiger partial charge is 0.573 e. The van der Waals surface area contributed by atoms with Gasteiger partial charge in [-0.3, -0.25) is 0 Å². The lowest BCUT2D eigenvalue weighted by Gasteiger charge is -2.53. The SMILES string of the molecule is CCC1(CC)C(N)CC1Oc1ccc(OC(F)(F)F)cc1. The highest BCUT2D eigenvalue weighted by molar-refractivity contribution is 5.32. The normalized spacial score (nSPS) is 24.3. The van der Waals surface area contributed by atoms with Crippen LogP contribution >= 0.6 is 0 Å². The Morgan fingerprint density at radius 3 is 2.10 bits per heavy atom. The smallest absolute Gasteiger partial charge is 0.490 e. The van der Waals surface area contributed by atoms with Gasteiger partial charge in [0.1, 0.15) is 17.6 Å². The third-order valence-corrected chi connectivity index (χ3v) is 4.50. The fourth-order valence-corrected chi connectivity index (χ4v) is 3.06. The van der Waals surface area contributed by atoms with Gasteiger partial charge >= 0.3 is 6.36 Å². The van der Waals surface area contributed by atoms with E-state index in [1.165, 1.54) is 24.3 Å². The summed E-state index contributed by atoms with van der Waals surface area (Å²) < 4.78 is 46.0. The van der Waals surface area contributed by atoms with Crippen molar-refractivity contribution in [2.45, 2.75) is 51.6 Å². The van der Waals surface area contributed by atoms with E-state index >= 15 is 0 Å². The maximum atomic E-state index is 12.1. The summed E-state index contributed by atoms with van der Waals surface area (Å²) in [6, 6.07) is 5.59. The number of ether oxygens (including phenoxy) is 2. The molecule has 1 aliphatic rings. The number of hydrogen-bond donors (Lipinski definition) is 1. The molecule has 0 spiro atoms. The van der Waals surface area contributed by atoms with Crippen molar-refractivity contribution in [3.8, 4) is 11.5 Å². The maximum absolute atomic E-state index is 12.1. The minimum Gasteiger partial charge on any atom is -0.490 e.